The Morgan fingerprint density at radius 1 is 1.07 bits per heavy atom. The maximum atomic E-state index is 12.8. The highest BCUT2D eigenvalue weighted by atomic mass is 32.2. The lowest BCUT2D eigenvalue weighted by molar-refractivity contribution is 0.0689. The van der Waals surface area contributed by atoms with Gasteiger partial charge in [-0.25, -0.2) is 13.2 Å². The number of carbonyl (C=O) groups is 1. The van der Waals surface area contributed by atoms with Gasteiger partial charge >= 0.3 is 5.97 Å². The minimum atomic E-state index is -3.65. The Morgan fingerprint density at radius 2 is 1.78 bits per heavy atom. The molecule has 0 saturated carbocycles. The lowest BCUT2D eigenvalue weighted by Crippen LogP contribution is -2.31. The van der Waals surface area contributed by atoms with Crippen LogP contribution in [0.3, 0.4) is 0 Å². The first kappa shape index (κ1) is 19.0. The quantitative estimate of drug-likeness (QED) is 0.708. The summed E-state index contributed by atoms with van der Waals surface area (Å²) >= 11 is 0. The third kappa shape index (κ3) is 3.83. The van der Waals surface area contributed by atoms with Gasteiger partial charge in [-0.1, -0.05) is 25.5 Å². The average Bonchev–Trinajstić information content (AvgIpc) is 2.69. The Bertz CT molecular complexity index is 964. The Balaban J connectivity index is 1.94. The number of esters is 1. The molecule has 0 radical (unpaired) electrons. The molecule has 0 bridgehead atoms. The number of fused-ring (bicyclic) bond motifs is 1. The summed E-state index contributed by atoms with van der Waals surface area (Å²) in [7, 11) is -2.10. The number of hydrogen-bond acceptors (Lipinski definition) is 5. The second kappa shape index (κ2) is 7.84. The Labute approximate surface area is 159 Å². The minimum absolute atomic E-state index is 0.140. The molecule has 0 amide bonds. The molecule has 3 rings (SSSR count). The third-order valence-corrected chi connectivity index (χ3v) is 6.08. The largest absolute Gasteiger partial charge is 0.497 e. The number of hydrogen-bond donors (Lipinski definition) is 0. The number of nitrogens with zero attached hydrogens (tertiary/aromatic N) is 1. The predicted molar refractivity (Wildman–Crippen MR) is 102 cm³/mol. The molecule has 0 spiro atoms. The maximum Gasteiger partial charge on any atom is 0.343 e. The zero-order valence-electron chi connectivity index (χ0n) is 15.2. The number of sulfonamides is 1. The van der Waals surface area contributed by atoms with Crippen molar-refractivity contribution >= 4 is 21.8 Å². The van der Waals surface area contributed by atoms with Crippen LogP contribution >= 0.6 is 0 Å². The molecule has 0 atom stereocenters. The average molecular weight is 387 g/mol. The topological polar surface area (TPSA) is 72.9 Å². The maximum absolute atomic E-state index is 12.8. The summed E-state index contributed by atoms with van der Waals surface area (Å²) in [5.41, 5.74) is 0.731. The molecule has 0 aliphatic carbocycles. The summed E-state index contributed by atoms with van der Waals surface area (Å²) in [5, 5.41) is 0. The van der Waals surface area contributed by atoms with Gasteiger partial charge in [0, 0.05) is 12.1 Å². The van der Waals surface area contributed by atoms with Gasteiger partial charge in [-0.05, 0) is 42.8 Å². The fourth-order valence-corrected chi connectivity index (χ4v) is 4.31. The lowest BCUT2D eigenvalue weighted by atomic mass is 10.2. The Hall–Kier alpha value is -2.80. The lowest BCUT2D eigenvalue weighted by Gasteiger charge is -2.27. The van der Waals surface area contributed by atoms with E-state index in [1.54, 1.807) is 49.6 Å². The van der Waals surface area contributed by atoms with Crippen molar-refractivity contribution < 1.29 is 22.7 Å². The summed E-state index contributed by atoms with van der Waals surface area (Å²) in [4.78, 5) is 12.7. The monoisotopic (exact) mass is 387 g/mol. The van der Waals surface area contributed by atoms with Crippen molar-refractivity contribution in [2.24, 2.45) is 0 Å². The van der Waals surface area contributed by atoms with Crippen LogP contribution in [0.1, 0.15) is 35.7 Å². The molecule has 27 heavy (non-hydrogen) atoms. The van der Waals surface area contributed by atoms with Crippen LogP contribution in [-0.2, 0) is 14.8 Å². The molecule has 1 aliphatic heterocycles. The van der Waals surface area contributed by atoms with Gasteiger partial charge < -0.3 is 9.47 Å². The zero-order valence-corrected chi connectivity index (χ0v) is 16.0. The normalized spacial score (nSPS) is 14.9. The summed E-state index contributed by atoms with van der Waals surface area (Å²) in [6.07, 6.45) is 2.95. The second-order valence-corrected chi connectivity index (χ2v) is 7.94. The van der Waals surface area contributed by atoms with Gasteiger partial charge in [0.25, 0.3) is 10.0 Å². The summed E-state index contributed by atoms with van der Waals surface area (Å²) in [6, 6.07) is 13.1. The number of carbonyl (C=O) groups excluding carboxylic acids is 1. The SMILES string of the molecule is CCCCN1C=C(OC(=O)c2ccc(OC)cc2)c2ccccc2S1(=O)=O. The molecular weight excluding hydrogens is 366 g/mol. The fourth-order valence-electron chi connectivity index (χ4n) is 2.76. The number of benzene rings is 2. The Morgan fingerprint density at radius 3 is 2.44 bits per heavy atom. The van der Waals surface area contributed by atoms with Crippen molar-refractivity contribution in [1.82, 2.24) is 4.31 Å². The molecule has 2 aromatic carbocycles. The molecule has 0 unspecified atom stereocenters. The smallest absolute Gasteiger partial charge is 0.343 e. The Kier molecular flexibility index (Phi) is 5.51. The van der Waals surface area contributed by atoms with Crippen LogP contribution in [0.4, 0.5) is 0 Å². The van der Waals surface area contributed by atoms with E-state index in [-0.39, 0.29) is 10.7 Å². The van der Waals surface area contributed by atoms with Crippen molar-refractivity contribution in [2.45, 2.75) is 24.7 Å². The second-order valence-electron chi connectivity index (χ2n) is 6.08. The van der Waals surface area contributed by atoms with E-state index in [0.29, 0.717) is 29.8 Å². The first-order chi connectivity index (χ1) is 13.0. The fraction of sp³-hybridized carbons (Fsp3) is 0.250. The van der Waals surface area contributed by atoms with E-state index in [2.05, 4.69) is 0 Å². The molecular formula is C20H21NO5S. The first-order valence-corrected chi connectivity index (χ1v) is 10.1. The number of ether oxygens (including phenoxy) is 2. The van der Waals surface area contributed by atoms with Crippen molar-refractivity contribution in [3.63, 3.8) is 0 Å². The number of methoxy groups -OCH3 is 1. The van der Waals surface area contributed by atoms with Crippen molar-refractivity contribution in [3.8, 4) is 5.75 Å². The highest BCUT2D eigenvalue weighted by Gasteiger charge is 2.32. The van der Waals surface area contributed by atoms with Crippen molar-refractivity contribution in [3.05, 3.63) is 65.9 Å². The van der Waals surface area contributed by atoms with E-state index in [4.69, 9.17) is 9.47 Å². The molecule has 7 heteroatoms. The molecule has 0 fully saturated rings. The van der Waals surface area contributed by atoms with Crippen molar-refractivity contribution in [1.29, 1.82) is 0 Å². The van der Waals surface area contributed by atoms with Crippen LogP contribution in [-0.4, -0.2) is 32.3 Å². The van der Waals surface area contributed by atoms with E-state index in [0.717, 1.165) is 6.42 Å². The van der Waals surface area contributed by atoms with Gasteiger partial charge in [0.15, 0.2) is 5.76 Å². The van der Waals surface area contributed by atoms with Gasteiger partial charge in [-0.2, -0.15) is 0 Å². The predicted octanol–water partition coefficient (Wildman–Crippen LogP) is 3.66. The molecule has 0 N–H and O–H groups in total. The highest BCUT2D eigenvalue weighted by molar-refractivity contribution is 7.89. The minimum Gasteiger partial charge on any atom is -0.497 e. The van der Waals surface area contributed by atoms with Crippen LogP contribution in [0.25, 0.3) is 5.76 Å². The van der Waals surface area contributed by atoms with E-state index >= 15 is 0 Å². The van der Waals surface area contributed by atoms with Gasteiger partial charge in [0.05, 0.1) is 23.8 Å². The van der Waals surface area contributed by atoms with E-state index in [1.165, 1.54) is 16.6 Å². The van der Waals surface area contributed by atoms with Gasteiger partial charge in [-0.3, -0.25) is 4.31 Å². The van der Waals surface area contributed by atoms with Crippen LogP contribution < -0.4 is 4.74 Å². The van der Waals surface area contributed by atoms with Crippen LogP contribution in [0.2, 0.25) is 0 Å². The van der Waals surface area contributed by atoms with E-state index in [9.17, 15) is 13.2 Å². The van der Waals surface area contributed by atoms with Crippen LogP contribution in [0.5, 0.6) is 5.75 Å². The van der Waals surface area contributed by atoms with Crippen LogP contribution in [0, 0.1) is 0 Å². The molecule has 1 aliphatic rings. The molecule has 2 aromatic rings. The number of unbranched alkanes of at least 4 members (excludes halogenated alkanes) is 1. The van der Waals surface area contributed by atoms with Gasteiger partial charge in [0.1, 0.15) is 5.75 Å². The summed E-state index contributed by atoms with van der Waals surface area (Å²) < 4.78 is 37.5. The van der Waals surface area contributed by atoms with Gasteiger partial charge in [-0.15, -0.1) is 0 Å². The molecule has 6 nitrogen and oxygen atoms in total. The molecule has 0 saturated heterocycles. The van der Waals surface area contributed by atoms with Crippen LogP contribution in [0.15, 0.2) is 59.6 Å². The first-order valence-electron chi connectivity index (χ1n) is 8.66. The summed E-state index contributed by atoms with van der Waals surface area (Å²) in [5.74, 6) is 0.288. The van der Waals surface area contributed by atoms with E-state index < -0.39 is 16.0 Å². The van der Waals surface area contributed by atoms with E-state index in [1.807, 2.05) is 6.92 Å². The van der Waals surface area contributed by atoms with Gasteiger partial charge in [0.2, 0.25) is 0 Å². The molecule has 1 heterocycles. The molecule has 0 aromatic heterocycles. The number of rotatable bonds is 6. The standard InChI is InChI=1S/C20H21NO5S/c1-3-4-13-21-14-18(17-7-5-6-8-19(17)27(21,23)24)26-20(22)15-9-11-16(25-2)12-10-15/h5-12,14H,3-4,13H2,1-2H3. The molecule has 142 valence electrons. The highest BCUT2D eigenvalue weighted by Crippen LogP contribution is 2.33. The third-order valence-electron chi connectivity index (χ3n) is 4.26. The van der Waals surface area contributed by atoms with Crippen molar-refractivity contribution in [2.75, 3.05) is 13.7 Å². The summed E-state index contributed by atoms with van der Waals surface area (Å²) in [6.45, 7) is 2.32. The zero-order chi connectivity index (χ0) is 19.4.